The minimum Gasteiger partial charge on any atom is -0.491 e. The van der Waals surface area contributed by atoms with Crippen LogP contribution in [0.3, 0.4) is 0 Å². The maximum atomic E-state index is 17.2. The molecule has 0 unspecified atom stereocenters. The average Bonchev–Trinajstić information content (AvgIpc) is 3.69. The molecule has 2 aromatic heterocycles. The lowest BCUT2D eigenvalue weighted by molar-refractivity contribution is -0.0671. The number of hydrogen-bond donors (Lipinski definition) is 1. The second kappa shape index (κ2) is 10.7. The van der Waals surface area contributed by atoms with Crippen LogP contribution in [0.1, 0.15) is 24.8 Å². The van der Waals surface area contributed by atoms with Gasteiger partial charge in [-0.2, -0.15) is 15.2 Å². The van der Waals surface area contributed by atoms with Gasteiger partial charge >= 0.3 is 6.01 Å². The van der Waals surface area contributed by atoms with Crippen molar-refractivity contribution >= 4 is 54.7 Å². The number of nitrogen functional groups attached to an aromatic ring is 1. The molecular weight excluding hydrogens is 638 g/mol. The molecule has 1 spiro atoms. The van der Waals surface area contributed by atoms with Crippen LogP contribution in [0.5, 0.6) is 11.8 Å². The summed E-state index contributed by atoms with van der Waals surface area (Å²) in [5.41, 5.74) is 5.74. The molecular formula is C32H31ClF2N6O4S. The van der Waals surface area contributed by atoms with Crippen LogP contribution in [-0.4, -0.2) is 86.7 Å². The van der Waals surface area contributed by atoms with Crippen molar-refractivity contribution in [2.24, 2.45) is 5.41 Å². The highest BCUT2D eigenvalue weighted by Gasteiger charge is 2.53. The van der Waals surface area contributed by atoms with Crippen molar-refractivity contribution in [2.45, 2.75) is 30.9 Å². The number of nitriles is 1. The number of fused-ring (bicyclic) bond motifs is 2. The first kappa shape index (κ1) is 29.8. The first-order valence-electron chi connectivity index (χ1n) is 15.1. The third kappa shape index (κ3) is 4.41. The molecule has 0 atom stereocenters. The zero-order valence-electron chi connectivity index (χ0n) is 25.3. The van der Waals surface area contributed by atoms with Gasteiger partial charge in [-0.05, 0) is 38.6 Å². The van der Waals surface area contributed by atoms with Crippen LogP contribution < -0.4 is 20.1 Å². The Bertz CT molecular complexity index is 1950. The predicted molar refractivity (Wildman–Crippen MR) is 171 cm³/mol. The second-order valence-electron chi connectivity index (χ2n) is 13.0. The minimum absolute atomic E-state index is 0.0258. The van der Waals surface area contributed by atoms with Gasteiger partial charge in [0.2, 0.25) is 0 Å². The van der Waals surface area contributed by atoms with Gasteiger partial charge in [0.25, 0.3) is 0 Å². The van der Waals surface area contributed by atoms with Crippen molar-refractivity contribution in [3.63, 3.8) is 0 Å². The van der Waals surface area contributed by atoms with Crippen LogP contribution in [0.15, 0.2) is 12.1 Å². The normalized spacial score (nSPS) is 22.8. The third-order valence-corrected chi connectivity index (χ3v) is 11.1. The fourth-order valence-corrected chi connectivity index (χ4v) is 8.46. The van der Waals surface area contributed by atoms with E-state index < -0.39 is 17.2 Å². The van der Waals surface area contributed by atoms with E-state index in [9.17, 15) is 9.65 Å². The van der Waals surface area contributed by atoms with Crippen molar-refractivity contribution in [1.82, 2.24) is 14.9 Å². The number of hydrogen-bond acceptors (Lipinski definition) is 11. The Kier molecular flexibility index (Phi) is 6.97. The van der Waals surface area contributed by atoms with E-state index in [-0.39, 0.29) is 72.2 Å². The zero-order valence-corrected chi connectivity index (χ0v) is 26.9. The Hall–Kier alpha value is -3.54. The number of anilines is 2. The fourth-order valence-electron chi connectivity index (χ4n) is 7.17. The summed E-state index contributed by atoms with van der Waals surface area (Å²) in [5.74, 6) is -0.678. The van der Waals surface area contributed by atoms with Gasteiger partial charge in [-0.25, -0.2) is 8.78 Å². The summed E-state index contributed by atoms with van der Waals surface area (Å²) < 4.78 is 56.5. The Morgan fingerprint density at radius 3 is 2.70 bits per heavy atom. The summed E-state index contributed by atoms with van der Waals surface area (Å²) in [7, 11) is 3.98. The average molecular weight is 669 g/mol. The van der Waals surface area contributed by atoms with E-state index in [4.69, 9.17) is 41.3 Å². The van der Waals surface area contributed by atoms with Crippen molar-refractivity contribution in [3.8, 4) is 29.0 Å². The number of thiophene rings is 1. The Morgan fingerprint density at radius 2 is 2.02 bits per heavy atom. The van der Waals surface area contributed by atoms with Gasteiger partial charge in [-0.15, -0.1) is 11.3 Å². The molecule has 0 radical (unpaired) electrons. The number of nitrogens with zero attached hydrogens (tertiary/aromatic N) is 5. The van der Waals surface area contributed by atoms with Gasteiger partial charge in [0.1, 0.15) is 28.2 Å². The molecule has 4 aliphatic heterocycles. The first-order chi connectivity index (χ1) is 22.1. The van der Waals surface area contributed by atoms with E-state index in [0.717, 1.165) is 24.2 Å². The van der Waals surface area contributed by atoms with E-state index in [1.165, 1.54) is 12.1 Å². The zero-order chi connectivity index (χ0) is 32.0. The van der Waals surface area contributed by atoms with Crippen molar-refractivity contribution in [1.29, 1.82) is 5.26 Å². The Morgan fingerprint density at radius 1 is 1.22 bits per heavy atom. The number of ether oxygens (including phenoxy) is 4. The second-order valence-corrected chi connectivity index (χ2v) is 14.5. The molecule has 9 rings (SSSR count). The number of aromatic nitrogens is 2. The van der Waals surface area contributed by atoms with Crippen LogP contribution in [-0.2, 0) is 9.47 Å². The van der Waals surface area contributed by atoms with Crippen molar-refractivity contribution in [2.75, 3.05) is 70.9 Å². The van der Waals surface area contributed by atoms with Crippen LogP contribution in [0.4, 0.5) is 19.6 Å². The maximum absolute atomic E-state index is 17.2. The summed E-state index contributed by atoms with van der Waals surface area (Å²) in [6, 6.07) is 4.71. The standard InChI is InChI=1S/C32H31ClF2N6O4S/c1-40(2)6-7-41-29-22-25(38-30(39-29)45-13-31-9-16(10-31)44-12-31)24(35)21(23(33)26(22)43-8-5-32(41)14-42-15-32)17-3-4-19(34)27-20(17)18(11-36)28(37)46-27/h3-4,16H,5-10,12-15,37H2,1-2H3. The lowest BCUT2D eigenvalue weighted by atomic mass is 9.71. The van der Waals surface area contributed by atoms with Crippen LogP contribution in [0.25, 0.3) is 32.1 Å². The molecule has 2 N–H and O–H groups in total. The Labute approximate surface area is 272 Å². The van der Waals surface area contributed by atoms with Crippen LogP contribution in [0, 0.1) is 28.4 Å². The van der Waals surface area contributed by atoms with Crippen LogP contribution in [0.2, 0.25) is 5.02 Å². The molecule has 0 amide bonds. The molecule has 1 saturated carbocycles. The van der Waals surface area contributed by atoms with Crippen molar-refractivity contribution < 1.29 is 27.7 Å². The fraction of sp³-hybridized carbons (Fsp3) is 0.469. The molecule has 10 nitrogen and oxygen atoms in total. The quantitative estimate of drug-likeness (QED) is 0.275. The SMILES string of the molecule is CN(C)CCN1c2nc(OCC34COC(C3)C4)nc3c(F)c(-c4ccc(F)c5sc(N)c(C#N)c45)c(Cl)c(c23)OCCC12COC2. The summed E-state index contributed by atoms with van der Waals surface area (Å²) in [5, 5.41) is 10.5. The number of likely N-dealkylation sites (N-methyl/N-ethyl adjacent to an activating group) is 1. The molecule has 3 saturated heterocycles. The topological polar surface area (TPSA) is 119 Å². The number of nitrogens with two attached hydrogens (primary N) is 1. The molecule has 2 aromatic carbocycles. The van der Waals surface area contributed by atoms with Gasteiger partial charge in [-0.3, -0.25) is 0 Å². The molecule has 6 heterocycles. The highest BCUT2D eigenvalue weighted by molar-refractivity contribution is 7.23. The Balaban J connectivity index is 1.38. The molecule has 4 aromatic rings. The highest BCUT2D eigenvalue weighted by Crippen LogP contribution is 2.53. The molecule has 5 aliphatic rings. The van der Waals surface area contributed by atoms with E-state index in [0.29, 0.717) is 57.1 Å². The monoisotopic (exact) mass is 668 g/mol. The summed E-state index contributed by atoms with van der Waals surface area (Å²) in [4.78, 5) is 13.8. The predicted octanol–water partition coefficient (Wildman–Crippen LogP) is 5.37. The van der Waals surface area contributed by atoms with Gasteiger partial charge in [0.15, 0.2) is 11.6 Å². The van der Waals surface area contributed by atoms with Crippen molar-refractivity contribution in [3.05, 3.63) is 34.4 Å². The van der Waals surface area contributed by atoms with Crippen LogP contribution >= 0.6 is 22.9 Å². The molecule has 1 aliphatic carbocycles. The van der Waals surface area contributed by atoms with E-state index in [1.54, 1.807) is 0 Å². The smallest absolute Gasteiger partial charge is 0.319 e. The summed E-state index contributed by atoms with van der Waals surface area (Å²) in [6.07, 6.45) is 2.67. The number of halogens is 3. The van der Waals surface area contributed by atoms with Gasteiger partial charge < -0.3 is 34.5 Å². The van der Waals surface area contributed by atoms with Gasteiger partial charge in [0.05, 0.1) is 65.3 Å². The maximum Gasteiger partial charge on any atom is 0.319 e. The van der Waals surface area contributed by atoms with E-state index >= 15 is 4.39 Å². The summed E-state index contributed by atoms with van der Waals surface area (Å²) in [6.45, 7) is 3.40. The van der Waals surface area contributed by atoms with E-state index in [2.05, 4.69) is 20.9 Å². The largest absolute Gasteiger partial charge is 0.491 e. The molecule has 2 bridgehead atoms. The van der Waals surface area contributed by atoms with Gasteiger partial charge in [-0.1, -0.05) is 17.7 Å². The lowest BCUT2D eigenvalue weighted by Gasteiger charge is -2.51. The molecule has 4 fully saturated rings. The minimum atomic E-state index is -0.763. The molecule has 240 valence electrons. The first-order valence-corrected chi connectivity index (χ1v) is 16.3. The van der Waals surface area contributed by atoms with Gasteiger partial charge in [0, 0.05) is 35.9 Å². The third-order valence-electron chi connectivity index (χ3n) is 9.75. The van der Waals surface area contributed by atoms with E-state index in [1.807, 2.05) is 14.1 Å². The number of rotatable bonds is 7. The number of benzene rings is 2. The summed E-state index contributed by atoms with van der Waals surface area (Å²) >= 11 is 8.02. The molecule has 14 heteroatoms. The molecule has 46 heavy (non-hydrogen) atoms. The highest BCUT2D eigenvalue weighted by atomic mass is 35.5. The lowest BCUT2D eigenvalue weighted by Crippen LogP contribution is -2.64.